The summed E-state index contributed by atoms with van der Waals surface area (Å²) in [5, 5.41) is 3.74. The average Bonchev–Trinajstić information content (AvgIpc) is 1.79. The summed E-state index contributed by atoms with van der Waals surface area (Å²) >= 11 is 0. The van der Waals surface area contributed by atoms with Gasteiger partial charge in [0.1, 0.15) is 0 Å². The van der Waals surface area contributed by atoms with Gasteiger partial charge in [0.2, 0.25) is 0 Å². The van der Waals surface area contributed by atoms with E-state index in [-0.39, 0.29) is 0 Å². The highest BCUT2D eigenvalue weighted by Gasteiger charge is 2.33. The maximum Gasteiger partial charge on any atom is 0.00751 e. The lowest BCUT2D eigenvalue weighted by molar-refractivity contribution is 0.140. The summed E-state index contributed by atoms with van der Waals surface area (Å²) in [7, 11) is 0. The van der Waals surface area contributed by atoms with Crippen LogP contribution in [0.4, 0.5) is 0 Å². The summed E-state index contributed by atoms with van der Waals surface area (Å²) in [6, 6.07) is 1.77. The van der Waals surface area contributed by atoms with E-state index in [2.05, 4.69) is 19.2 Å². The molecule has 2 fully saturated rings. The minimum Gasteiger partial charge on any atom is -0.311 e. The third-order valence-electron chi connectivity index (χ3n) is 3.69. The molecule has 2 saturated carbocycles. The van der Waals surface area contributed by atoms with E-state index in [1.165, 1.54) is 32.1 Å². The van der Waals surface area contributed by atoms with Crippen LogP contribution in [0.2, 0.25) is 0 Å². The van der Waals surface area contributed by atoms with Crippen LogP contribution in [0.3, 0.4) is 0 Å². The summed E-state index contributed by atoms with van der Waals surface area (Å²) in [4.78, 5) is 0. The Labute approximate surface area is 75.9 Å². The highest BCUT2D eigenvalue weighted by atomic mass is 15.0. The second-order valence-electron chi connectivity index (χ2n) is 4.97. The zero-order chi connectivity index (χ0) is 8.55. The lowest BCUT2D eigenvalue weighted by Crippen LogP contribution is -2.49. The van der Waals surface area contributed by atoms with Crippen molar-refractivity contribution < 1.29 is 0 Å². The fraction of sp³-hybridized carbons (Fsp3) is 1.00. The molecular formula is C11H21N. The van der Waals surface area contributed by atoms with Crippen molar-refractivity contribution in [2.75, 3.05) is 0 Å². The topological polar surface area (TPSA) is 12.0 Å². The molecule has 0 amide bonds. The highest BCUT2D eigenvalue weighted by Crippen LogP contribution is 2.35. The summed E-state index contributed by atoms with van der Waals surface area (Å²) in [6.45, 7) is 4.70. The molecule has 0 aromatic heterocycles. The molecule has 2 rings (SSSR count). The van der Waals surface area contributed by atoms with Gasteiger partial charge >= 0.3 is 0 Å². The van der Waals surface area contributed by atoms with Crippen LogP contribution >= 0.6 is 0 Å². The number of rotatable bonds is 3. The van der Waals surface area contributed by atoms with Gasteiger partial charge < -0.3 is 5.32 Å². The first kappa shape index (κ1) is 8.55. The molecule has 70 valence electrons. The monoisotopic (exact) mass is 167 g/mol. The van der Waals surface area contributed by atoms with E-state index in [1.807, 2.05) is 0 Å². The number of nitrogens with one attached hydrogen (secondary N) is 1. The summed E-state index contributed by atoms with van der Waals surface area (Å²) in [6.07, 6.45) is 7.20. The molecule has 0 spiro atoms. The summed E-state index contributed by atoms with van der Waals surface area (Å²) in [5.41, 5.74) is 0. The fourth-order valence-corrected chi connectivity index (χ4v) is 2.25. The van der Waals surface area contributed by atoms with E-state index >= 15 is 0 Å². The lowest BCUT2D eigenvalue weighted by atomic mass is 9.73. The Morgan fingerprint density at radius 1 is 1.08 bits per heavy atom. The molecule has 0 aromatic rings. The van der Waals surface area contributed by atoms with Gasteiger partial charge in [0.05, 0.1) is 0 Å². The Hall–Kier alpha value is -0.0400. The molecule has 0 saturated heterocycles. The van der Waals surface area contributed by atoms with Gasteiger partial charge in [0, 0.05) is 12.1 Å². The quantitative estimate of drug-likeness (QED) is 0.681. The third kappa shape index (κ3) is 1.66. The molecule has 0 heterocycles. The first-order chi connectivity index (χ1) is 5.75. The van der Waals surface area contributed by atoms with Gasteiger partial charge in [-0.1, -0.05) is 20.3 Å². The van der Waals surface area contributed by atoms with Crippen LogP contribution in [0.15, 0.2) is 0 Å². The minimum atomic E-state index is 0.877. The van der Waals surface area contributed by atoms with E-state index in [4.69, 9.17) is 0 Å². The maximum atomic E-state index is 3.74. The number of hydrogen-bond donors (Lipinski definition) is 1. The third-order valence-corrected chi connectivity index (χ3v) is 3.69. The molecule has 1 nitrogen and oxygen atoms in total. The number of hydrogen-bond acceptors (Lipinski definition) is 1. The van der Waals surface area contributed by atoms with E-state index in [0.29, 0.717) is 0 Å². The molecule has 0 aliphatic heterocycles. The second-order valence-corrected chi connectivity index (χ2v) is 4.97. The van der Waals surface area contributed by atoms with Crippen LogP contribution in [0.25, 0.3) is 0 Å². The molecule has 2 aliphatic carbocycles. The van der Waals surface area contributed by atoms with Gasteiger partial charge in [-0.3, -0.25) is 0 Å². The van der Waals surface area contributed by atoms with E-state index < -0.39 is 0 Å². The smallest absolute Gasteiger partial charge is 0.00751 e. The highest BCUT2D eigenvalue weighted by molar-refractivity contribution is 4.90. The van der Waals surface area contributed by atoms with Gasteiger partial charge in [-0.2, -0.15) is 0 Å². The predicted molar refractivity (Wildman–Crippen MR) is 52.1 cm³/mol. The molecule has 0 unspecified atom stereocenters. The predicted octanol–water partition coefficient (Wildman–Crippen LogP) is 2.56. The van der Waals surface area contributed by atoms with Crippen molar-refractivity contribution in [1.82, 2.24) is 5.32 Å². The first-order valence-electron chi connectivity index (χ1n) is 5.51. The maximum absolute atomic E-state index is 3.74. The first-order valence-corrected chi connectivity index (χ1v) is 5.51. The van der Waals surface area contributed by atoms with Gasteiger partial charge in [-0.05, 0) is 37.5 Å². The van der Waals surface area contributed by atoms with E-state index in [9.17, 15) is 0 Å². The molecule has 12 heavy (non-hydrogen) atoms. The minimum absolute atomic E-state index is 0.877. The van der Waals surface area contributed by atoms with Crippen LogP contribution in [0, 0.1) is 11.8 Å². The Kier molecular flexibility index (Phi) is 2.40. The van der Waals surface area contributed by atoms with Gasteiger partial charge in [-0.25, -0.2) is 0 Å². The van der Waals surface area contributed by atoms with E-state index in [1.54, 1.807) is 0 Å². The zero-order valence-electron chi connectivity index (χ0n) is 8.34. The standard InChI is InChI=1S/C11H21N/c1-8(2)9-6-11(7-9)12-10-4-3-5-10/h8-12H,3-7H2,1-2H3. The van der Waals surface area contributed by atoms with Crippen LogP contribution in [0.5, 0.6) is 0 Å². The molecule has 0 radical (unpaired) electrons. The fourth-order valence-electron chi connectivity index (χ4n) is 2.25. The Morgan fingerprint density at radius 2 is 1.75 bits per heavy atom. The summed E-state index contributed by atoms with van der Waals surface area (Å²) < 4.78 is 0. The van der Waals surface area contributed by atoms with Crippen molar-refractivity contribution in [1.29, 1.82) is 0 Å². The molecule has 0 atom stereocenters. The molecular weight excluding hydrogens is 146 g/mol. The van der Waals surface area contributed by atoms with Crippen molar-refractivity contribution >= 4 is 0 Å². The van der Waals surface area contributed by atoms with Gasteiger partial charge in [0.25, 0.3) is 0 Å². The normalized spacial score (nSPS) is 36.2. The van der Waals surface area contributed by atoms with Gasteiger partial charge in [-0.15, -0.1) is 0 Å². The van der Waals surface area contributed by atoms with Crippen molar-refractivity contribution in [3.8, 4) is 0 Å². The van der Waals surface area contributed by atoms with Crippen molar-refractivity contribution in [3.63, 3.8) is 0 Å². The molecule has 2 aliphatic rings. The SMILES string of the molecule is CC(C)C1CC(NC2CCC2)C1. The summed E-state index contributed by atoms with van der Waals surface area (Å²) in [5.74, 6) is 1.92. The van der Waals surface area contributed by atoms with Crippen LogP contribution in [-0.2, 0) is 0 Å². The molecule has 0 aromatic carbocycles. The van der Waals surface area contributed by atoms with Crippen LogP contribution in [-0.4, -0.2) is 12.1 Å². The van der Waals surface area contributed by atoms with E-state index in [0.717, 1.165) is 23.9 Å². The van der Waals surface area contributed by atoms with Crippen molar-refractivity contribution in [3.05, 3.63) is 0 Å². The largest absolute Gasteiger partial charge is 0.311 e. The van der Waals surface area contributed by atoms with Crippen molar-refractivity contribution in [2.24, 2.45) is 11.8 Å². The van der Waals surface area contributed by atoms with Crippen LogP contribution in [0.1, 0.15) is 46.0 Å². The average molecular weight is 167 g/mol. The Balaban J connectivity index is 1.61. The van der Waals surface area contributed by atoms with Crippen LogP contribution < -0.4 is 5.32 Å². The van der Waals surface area contributed by atoms with Gasteiger partial charge in [0.15, 0.2) is 0 Å². The molecule has 1 N–H and O–H groups in total. The second kappa shape index (κ2) is 3.37. The Morgan fingerprint density at radius 3 is 2.17 bits per heavy atom. The molecule has 0 bridgehead atoms. The lowest BCUT2D eigenvalue weighted by Gasteiger charge is -2.42. The Bertz CT molecular complexity index is 143. The van der Waals surface area contributed by atoms with Crippen molar-refractivity contribution in [2.45, 2.75) is 58.0 Å². The zero-order valence-corrected chi connectivity index (χ0v) is 8.34. The molecule has 1 heteroatoms.